The summed E-state index contributed by atoms with van der Waals surface area (Å²) in [5, 5.41) is 1.18. The molecule has 0 aliphatic heterocycles. The summed E-state index contributed by atoms with van der Waals surface area (Å²) in [4.78, 5) is 0. The van der Waals surface area contributed by atoms with E-state index < -0.39 is 0 Å². The molecular weight excluding hydrogens is 160 g/mol. The molecule has 0 N–H and O–H groups in total. The molecule has 0 saturated carbocycles. The van der Waals surface area contributed by atoms with E-state index in [1.54, 1.807) is 6.26 Å². The summed E-state index contributed by atoms with van der Waals surface area (Å²) in [6.45, 7) is 0. The highest BCUT2D eigenvalue weighted by Crippen LogP contribution is 2.33. The van der Waals surface area contributed by atoms with Gasteiger partial charge in [-0.3, -0.25) is 0 Å². The first-order chi connectivity index (χ1) is 6.45. The summed E-state index contributed by atoms with van der Waals surface area (Å²) in [6.07, 6.45) is 1.73. The quantitative estimate of drug-likeness (QED) is 0.500. The van der Waals surface area contributed by atoms with E-state index in [-0.39, 0.29) is 0 Å². The first kappa shape index (κ1) is 6.72. The molecule has 1 aromatic rings. The molecule has 1 heterocycles. The van der Waals surface area contributed by atoms with Gasteiger partial charge in [-0.2, -0.15) is 0 Å². The van der Waals surface area contributed by atoms with Crippen LogP contribution < -0.4 is 0 Å². The molecule has 0 unspecified atom stereocenters. The van der Waals surface area contributed by atoms with Gasteiger partial charge in [-0.25, -0.2) is 0 Å². The molecule has 1 heteroatoms. The van der Waals surface area contributed by atoms with Gasteiger partial charge in [0, 0.05) is 10.9 Å². The molecule has 0 saturated heterocycles. The van der Waals surface area contributed by atoms with Gasteiger partial charge in [0.2, 0.25) is 0 Å². The number of hydrogen-bond donors (Lipinski definition) is 0. The maximum Gasteiger partial charge on any atom is 0.141 e. The van der Waals surface area contributed by atoms with Crippen LogP contribution in [0, 0.1) is 0 Å². The second kappa shape index (κ2) is 2.36. The van der Waals surface area contributed by atoms with Crippen molar-refractivity contribution in [3.05, 3.63) is 48.7 Å². The van der Waals surface area contributed by atoms with Crippen molar-refractivity contribution in [3.63, 3.8) is 0 Å². The first-order valence-corrected chi connectivity index (χ1v) is 4.30. The Kier molecular flexibility index (Phi) is 1.22. The average Bonchev–Trinajstić information content (AvgIpc) is 2.61. The lowest BCUT2D eigenvalue weighted by atomic mass is 10.2. The standard InChI is InChI=1S/C12H8O/c1-2-4-9-8-10-6-7-13-12(10)11(9)5-3-1/h1-8H. The minimum Gasteiger partial charge on any atom is -0.464 e. The Morgan fingerprint density at radius 2 is 1.85 bits per heavy atom. The molecule has 2 aliphatic rings. The fourth-order valence-corrected chi connectivity index (χ4v) is 1.71. The minimum atomic E-state index is 0.992. The summed E-state index contributed by atoms with van der Waals surface area (Å²) < 4.78 is 5.41. The highest BCUT2D eigenvalue weighted by atomic mass is 16.3. The van der Waals surface area contributed by atoms with Gasteiger partial charge in [0.25, 0.3) is 0 Å². The normalized spacial score (nSPS) is 11.1. The summed E-state index contributed by atoms with van der Waals surface area (Å²) >= 11 is 0. The summed E-state index contributed by atoms with van der Waals surface area (Å²) in [5.41, 5.74) is 3.41. The Bertz CT molecular complexity index is 522. The summed E-state index contributed by atoms with van der Waals surface area (Å²) in [7, 11) is 0. The van der Waals surface area contributed by atoms with E-state index in [4.69, 9.17) is 4.42 Å². The molecule has 0 bridgehead atoms. The lowest BCUT2D eigenvalue weighted by Gasteiger charge is -1.88. The number of fused-ring (bicyclic) bond motifs is 3. The Morgan fingerprint density at radius 1 is 0.923 bits per heavy atom. The van der Waals surface area contributed by atoms with Crippen molar-refractivity contribution in [2.75, 3.05) is 0 Å². The van der Waals surface area contributed by atoms with Gasteiger partial charge in [-0.1, -0.05) is 30.3 Å². The van der Waals surface area contributed by atoms with Crippen LogP contribution >= 0.6 is 0 Å². The lowest BCUT2D eigenvalue weighted by Crippen LogP contribution is -1.63. The van der Waals surface area contributed by atoms with E-state index in [0.717, 1.165) is 5.58 Å². The summed E-state index contributed by atoms with van der Waals surface area (Å²) in [5.74, 6) is 0. The third kappa shape index (κ3) is 0.872. The van der Waals surface area contributed by atoms with Crippen LogP contribution in [0.1, 0.15) is 0 Å². The van der Waals surface area contributed by atoms with Gasteiger partial charge in [0.15, 0.2) is 0 Å². The SMILES string of the molecule is c1ccc2cc3ccoc3c-2cc1. The lowest BCUT2D eigenvalue weighted by molar-refractivity contribution is 0.617. The van der Waals surface area contributed by atoms with E-state index in [0.29, 0.717) is 0 Å². The van der Waals surface area contributed by atoms with Crippen molar-refractivity contribution in [3.8, 4) is 11.1 Å². The zero-order valence-corrected chi connectivity index (χ0v) is 7.03. The third-order valence-corrected chi connectivity index (χ3v) is 2.32. The molecule has 0 atom stereocenters. The molecule has 2 aliphatic carbocycles. The highest BCUT2D eigenvalue weighted by molar-refractivity contribution is 5.98. The smallest absolute Gasteiger partial charge is 0.141 e. The molecule has 0 radical (unpaired) electrons. The van der Waals surface area contributed by atoms with Crippen LogP contribution in [0.3, 0.4) is 0 Å². The zero-order valence-electron chi connectivity index (χ0n) is 7.03. The Balaban J connectivity index is 2.54. The van der Waals surface area contributed by atoms with Crippen LogP contribution in [-0.4, -0.2) is 0 Å². The van der Waals surface area contributed by atoms with Crippen molar-refractivity contribution in [1.29, 1.82) is 0 Å². The Morgan fingerprint density at radius 3 is 2.85 bits per heavy atom. The van der Waals surface area contributed by atoms with Crippen molar-refractivity contribution < 1.29 is 4.42 Å². The van der Waals surface area contributed by atoms with Crippen molar-refractivity contribution >= 4 is 11.0 Å². The van der Waals surface area contributed by atoms with Crippen LogP contribution in [0.2, 0.25) is 0 Å². The molecule has 3 rings (SSSR count). The number of rotatable bonds is 0. The van der Waals surface area contributed by atoms with Gasteiger partial charge >= 0.3 is 0 Å². The Hall–Kier alpha value is -1.76. The molecule has 1 aromatic heterocycles. The number of hydrogen-bond acceptors (Lipinski definition) is 1. The Labute approximate surface area is 75.9 Å². The highest BCUT2D eigenvalue weighted by Gasteiger charge is 2.09. The molecule has 0 amide bonds. The van der Waals surface area contributed by atoms with E-state index in [1.165, 1.54) is 16.5 Å². The summed E-state index contributed by atoms with van der Waals surface area (Å²) in [6, 6.07) is 14.4. The monoisotopic (exact) mass is 168 g/mol. The average molecular weight is 168 g/mol. The van der Waals surface area contributed by atoms with E-state index in [2.05, 4.69) is 18.2 Å². The minimum absolute atomic E-state index is 0.992. The van der Waals surface area contributed by atoms with Crippen LogP contribution in [0.25, 0.3) is 22.1 Å². The van der Waals surface area contributed by atoms with Gasteiger partial charge in [0.05, 0.1) is 6.26 Å². The van der Waals surface area contributed by atoms with Gasteiger partial charge in [-0.05, 0) is 17.7 Å². The molecule has 13 heavy (non-hydrogen) atoms. The molecule has 1 nitrogen and oxygen atoms in total. The van der Waals surface area contributed by atoms with E-state index in [9.17, 15) is 0 Å². The van der Waals surface area contributed by atoms with Crippen LogP contribution in [0.4, 0.5) is 0 Å². The van der Waals surface area contributed by atoms with E-state index >= 15 is 0 Å². The van der Waals surface area contributed by atoms with Gasteiger partial charge < -0.3 is 4.42 Å². The van der Waals surface area contributed by atoms with Crippen LogP contribution in [0.15, 0.2) is 53.1 Å². The largest absolute Gasteiger partial charge is 0.464 e. The van der Waals surface area contributed by atoms with Crippen molar-refractivity contribution in [2.45, 2.75) is 0 Å². The molecular formula is C12H8O. The molecule has 62 valence electrons. The van der Waals surface area contributed by atoms with E-state index in [1.807, 2.05) is 24.3 Å². The molecule has 0 fully saturated rings. The zero-order chi connectivity index (χ0) is 8.67. The molecule has 0 spiro atoms. The topological polar surface area (TPSA) is 13.1 Å². The third-order valence-electron chi connectivity index (χ3n) is 2.32. The van der Waals surface area contributed by atoms with Gasteiger partial charge in [-0.15, -0.1) is 0 Å². The maximum atomic E-state index is 5.41. The van der Waals surface area contributed by atoms with Crippen LogP contribution in [0.5, 0.6) is 0 Å². The predicted molar refractivity (Wildman–Crippen MR) is 52.8 cm³/mol. The van der Waals surface area contributed by atoms with Crippen LogP contribution in [-0.2, 0) is 0 Å². The fraction of sp³-hybridized carbons (Fsp3) is 0. The fourth-order valence-electron chi connectivity index (χ4n) is 1.71. The second-order valence-electron chi connectivity index (χ2n) is 3.13. The van der Waals surface area contributed by atoms with Crippen molar-refractivity contribution in [2.24, 2.45) is 0 Å². The maximum absolute atomic E-state index is 5.41. The van der Waals surface area contributed by atoms with Crippen molar-refractivity contribution in [1.82, 2.24) is 0 Å². The second-order valence-corrected chi connectivity index (χ2v) is 3.13. The first-order valence-electron chi connectivity index (χ1n) is 4.30. The predicted octanol–water partition coefficient (Wildman–Crippen LogP) is 3.54. The number of furan rings is 1. The van der Waals surface area contributed by atoms with Gasteiger partial charge in [0.1, 0.15) is 5.58 Å². The molecule has 0 aromatic carbocycles.